The lowest BCUT2D eigenvalue weighted by Crippen LogP contribution is -2.27. The van der Waals surface area contributed by atoms with Crippen molar-refractivity contribution < 1.29 is 4.79 Å². The van der Waals surface area contributed by atoms with Gasteiger partial charge in [-0.3, -0.25) is 4.79 Å². The molecule has 2 aromatic rings. The predicted molar refractivity (Wildman–Crippen MR) is 85.2 cm³/mol. The van der Waals surface area contributed by atoms with E-state index in [1.54, 1.807) is 0 Å². The third-order valence-corrected chi connectivity index (χ3v) is 4.10. The zero-order valence-corrected chi connectivity index (χ0v) is 12.2. The molecule has 3 heteroatoms. The molecule has 2 N–H and O–H groups in total. The molecule has 3 rings (SSSR count). The summed E-state index contributed by atoms with van der Waals surface area (Å²) in [4.78, 5) is 12.6. The number of anilines is 1. The van der Waals surface area contributed by atoms with Crippen LogP contribution in [0.4, 0.5) is 5.69 Å². The summed E-state index contributed by atoms with van der Waals surface area (Å²) >= 11 is 0. The number of rotatable bonds is 5. The average molecular weight is 280 g/mol. The molecule has 0 atom stereocenters. The molecule has 1 aliphatic carbocycles. The van der Waals surface area contributed by atoms with E-state index in [4.69, 9.17) is 0 Å². The molecule has 0 radical (unpaired) electrons. The van der Waals surface area contributed by atoms with Crippen LogP contribution in [-0.4, -0.2) is 13.0 Å². The molecule has 0 aromatic heterocycles. The molecule has 1 amide bonds. The van der Waals surface area contributed by atoms with Crippen molar-refractivity contribution in [3.8, 4) is 0 Å². The van der Waals surface area contributed by atoms with Crippen LogP contribution < -0.4 is 10.6 Å². The predicted octanol–water partition coefficient (Wildman–Crippen LogP) is 3.08. The first-order valence-electron chi connectivity index (χ1n) is 7.35. The Morgan fingerprint density at radius 3 is 2.29 bits per heavy atom. The van der Waals surface area contributed by atoms with E-state index in [1.807, 2.05) is 61.6 Å². The second-order valence-corrected chi connectivity index (χ2v) is 5.63. The minimum Gasteiger partial charge on any atom is -0.325 e. The van der Waals surface area contributed by atoms with E-state index >= 15 is 0 Å². The zero-order valence-electron chi connectivity index (χ0n) is 12.2. The van der Waals surface area contributed by atoms with Crippen molar-refractivity contribution in [1.29, 1.82) is 0 Å². The molecule has 1 fully saturated rings. The van der Waals surface area contributed by atoms with Crippen molar-refractivity contribution in [2.24, 2.45) is 0 Å². The van der Waals surface area contributed by atoms with Crippen molar-refractivity contribution in [3.63, 3.8) is 0 Å². The Morgan fingerprint density at radius 1 is 1.05 bits per heavy atom. The van der Waals surface area contributed by atoms with Crippen LogP contribution in [0, 0.1) is 0 Å². The first-order chi connectivity index (χ1) is 10.2. The fourth-order valence-corrected chi connectivity index (χ4v) is 2.69. The van der Waals surface area contributed by atoms with Gasteiger partial charge in [0.05, 0.1) is 5.41 Å². The standard InChI is InChI=1S/C18H20N2O/c1-19-13-14-7-9-16(10-8-14)20-17(21)18(11-12-18)15-5-3-2-4-6-15/h2-10,19H,11-13H2,1H3,(H,20,21). The molecule has 21 heavy (non-hydrogen) atoms. The first kappa shape index (κ1) is 13.8. The maximum atomic E-state index is 12.6. The summed E-state index contributed by atoms with van der Waals surface area (Å²) in [5, 5.41) is 6.17. The van der Waals surface area contributed by atoms with Gasteiger partial charge in [0.15, 0.2) is 0 Å². The molecule has 0 bridgehead atoms. The minimum absolute atomic E-state index is 0.107. The molecular formula is C18H20N2O. The second kappa shape index (κ2) is 5.70. The number of hydrogen-bond donors (Lipinski definition) is 2. The Labute approximate surface area is 125 Å². The number of nitrogens with one attached hydrogen (secondary N) is 2. The van der Waals surface area contributed by atoms with Crippen LogP contribution in [0.1, 0.15) is 24.0 Å². The van der Waals surface area contributed by atoms with Crippen LogP contribution in [0.25, 0.3) is 0 Å². The smallest absolute Gasteiger partial charge is 0.235 e. The summed E-state index contributed by atoms with van der Waals surface area (Å²) < 4.78 is 0. The van der Waals surface area contributed by atoms with Crippen LogP contribution in [0.2, 0.25) is 0 Å². The fraction of sp³-hybridized carbons (Fsp3) is 0.278. The summed E-state index contributed by atoms with van der Waals surface area (Å²) in [7, 11) is 1.92. The summed E-state index contributed by atoms with van der Waals surface area (Å²) in [5.41, 5.74) is 2.88. The Kier molecular flexibility index (Phi) is 3.76. The Hall–Kier alpha value is -2.13. The van der Waals surface area contributed by atoms with E-state index in [0.29, 0.717) is 0 Å². The monoisotopic (exact) mass is 280 g/mol. The molecule has 2 aromatic carbocycles. The van der Waals surface area contributed by atoms with Gasteiger partial charge in [-0.2, -0.15) is 0 Å². The average Bonchev–Trinajstić information content (AvgIpc) is 3.32. The number of carbonyl (C=O) groups is 1. The molecule has 1 saturated carbocycles. The summed E-state index contributed by atoms with van der Waals surface area (Å²) in [6, 6.07) is 18.1. The molecule has 0 heterocycles. The Bertz CT molecular complexity index is 615. The van der Waals surface area contributed by atoms with Crippen molar-refractivity contribution in [3.05, 3.63) is 65.7 Å². The summed E-state index contributed by atoms with van der Waals surface area (Å²) in [6.07, 6.45) is 1.86. The number of amides is 1. The third-order valence-electron chi connectivity index (χ3n) is 4.10. The lowest BCUT2D eigenvalue weighted by Gasteiger charge is -2.16. The van der Waals surface area contributed by atoms with E-state index in [0.717, 1.165) is 30.6 Å². The number of benzene rings is 2. The van der Waals surface area contributed by atoms with Crippen LogP contribution >= 0.6 is 0 Å². The number of hydrogen-bond acceptors (Lipinski definition) is 2. The maximum Gasteiger partial charge on any atom is 0.235 e. The molecule has 0 unspecified atom stereocenters. The summed E-state index contributed by atoms with van der Waals surface area (Å²) in [6.45, 7) is 0.835. The van der Waals surface area contributed by atoms with E-state index in [9.17, 15) is 4.79 Å². The van der Waals surface area contributed by atoms with Gasteiger partial charge in [-0.05, 0) is 43.1 Å². The lowest BCUT2D eigenvalue weighted by molar-refractivity contribution is -0.118. The first-order valence-corrected chi connectivity index (χ1v) is 7.35. The Morgan fingerprint density at radius 2 is 1.71 bits per heavy atom. The van der Waals surface area contributed by atoms with E-state index < -0.39 is 0 Å². The van der Waals surface area contributed by atoms with E-state index in [-0.39, 0.29) is 11.3 Å². The van der Waals surface area contributed by atoms with Crippen LogP contribution in [-0.2, 0) is 16.8 Å². The molecule has 0 aliphatic heterocycles. The van der Waals surface area contributed by atoms with Crippen LogP contribution in [0.5, 0.6) is 0 Å². The van der Waals surface area contributed by atoms with Gasteiger partial charge in [0.2, 0.25) is 5.91 Å². The highest BCUT2D eigenvalue weighted by atomic mass is 16.2. The SMILES string of the molecule is CNCc1ccc(NC(=O)C2(c3ccccc3)CC2)cc1. The zero-order chi connectivity index (χ0) is 14.7. The second-order valence-electron chi connectivity index (χ2n) is 5.63. The molecular weight excluding hydrogens is 260 g/mol. The van der Waals surface area contributed by atoms with Gasteiger partial charge in [-0.25, -0.2) is 0 Å². The van der Waals surface area contributed by atoms with E-state index in [1.165, 1.54) is 5.56 Å². The molecule has 0 spiro atoms. The topological polar surface area (TPSA) is 41.1 Å². The Balaban J connectivity index is 1.72. The van der Waals surface area contributed by atoms with Gasteiger partial charge in [0.1, 0.15) is 0 Å². The normalized spacial score (nSPS) is 15.5. The van der Waals surface area contributed by atoms with Crippen molar-refractivity contribution in [2.45, 2.75) is 24.8 Å². The highest BCUT2D eigenvalue weighted by Crippen LogP contribution is 2.48. The summed E-state index contributed by atoms with van der Waals surface area (Å²) in [5.74, 6) is 0.107. The third kappa shape index (κ3) is 2.83. The molecule has 0 saturated heterocycles. The van der Waals surface area contributed by atoms with Gasteiger partial charge in [0.25, 0.3) is 0 Å². The molecule has 108 valence electrons. The van der Waals surface area contributed by atoms with Gasteiger partial charge in [-0.1, -0.05) is 42.5 Å². The largest absolute Gasteiger partial charge is 0.325 e. The van der Waals surface area contributed by atoms with Crippen LogP contribution in [0.15, 0.2) is 54.6 Å². The highest BCUT2D eigenvalue weighted by Gasteiger charge is 2.51. The molecule has 1 aliphatic rings. The van der Waals surface area contributed by atoms with Gasteiger partial charge >= 0.3 is 0 Å². The van der Waals surface area contributed by atoms with Gasteiger partial charge in [-0.15, -0.1) is 0 Å². The fourth-order valence-electron chi connectivity index (χ4n) is 2.69. The lowest BCUT2D eigenvalue weighted by atomic mass is 9.95. The van der Waals surface area contributed by atoms with E-state index in [2.05, 4.69) is 10.6 Å². The van der Waals surface area contributed by atoms with Crippen LogP contribution in [0.3, 0.4) is 0 Å². The van der Waals surface area contributed by atoms with Crippen molar-refractivity contribution in [2.75, 3.05) is 12.4 Å². The van der Waals surface area contributed by atoms with Gasteiger partial charge in [0, 0.05) is 12.2 Å². The highest BCUT2D eigenvalue weighted by molar-refractivity contribution is 6.01. The van der Waals surface area contributed by atoms with Crippen molar-refractivity contribution in [1.82, 2.24) is 5.32 Å². The minimum atomic E-state index is -0.315. The quantitative estimate of drug-likeness (QED) is 0.883. The van der Waals surface area contributed by atoms with Crippen molar-refractivity contribution >= 4 is 11.6 Å². The molecule has 3 nitrogen and oxygen atoms in total. The number of carbonyl (C=O) groups excluding carboxylic acids is 1. The maximum absolute atomic E-state index is 12.6. The van der Waals surface area contributed by atoms with Gasteiger partial charge < -0.3 is 10.6 Å².